The van der Waals surface area contributed by atoms with Crippen molar-refractivity contribution in [3.8, 4) is 0 Å². The Hall–Kier alpha value is -1.82. The lowest BCUT2D eigenvalue weighted by atomic mass is 9.73. The molecule has 0 saturated carbocycles. The Balaban J connectivity index is 2.02. The molecule has 1 unspecified atom stereocenters. The SMILES string of the molecule is CC1O[C@@](Cn2cncn2)(c2ccc(F)cc2F)[C@@H]1C. The smallest absolute Gasteiger partial charge is 0.137 e. The summed E-state index contributed by atoms with van der Waals surface area (Å²) in [5.74, 6) is -1.10. The summed E-state index contributed by atoms with van der Waals surface area (Å²) in [7, 11) is 0. The largest absolute Gasteiger partial charge is 0.364 e. The van der Waals surface area contributed by atoms with Crippen molar-refractivity contribution in [1.82, 2.24) is 14.8 Å². The highest BCUT2D eigenvalue weighted by Crippen LogP contribution is 2.48. The van der Waals surface area contributed by atoms with Gasteiger partial charge in [-0.1, -0.05) is 13.0 Å². The van der Waals surface area contributed by atoms with Crippen LogP contribution < -0.4 is 0 Å². The number of benzene rings is 1. The van der Waals surface area contributed by atoms with Crippen molar-refractivity contribution >= 4 is 0 Å². The van der Waals surface area contributed by atoms with Gasteiger partial charge in [-0.15, -0.1) is 0 Å². The van der Waals surface area contributed by atoms with E-state index >= 15 is 0 Å². The van der Waals surface area contributed by atoms with Crippen molar-refractivity contribution in [2.24, 2.45) is 5.92 Å². The molecule has 0 N–H and O–H groups in total. The van der Waals surface area contributed by atoms with E-state index in [1.807, 2.05) is 13.8 Å². The summed E-state index contributed by atoms with van der Waals surface area (Å²) in [6, 6.07) is 3.59. The van der Waals surface area contributed by atoms with Gasteiger partial charge in [-0.05, 0) is 13.0 Å². The maximum atomic E-state index is 14.1. The van der Waals surface area contributed by atoms with Gasteiger partial charge < -0.3 is 4.74 Å². The molecule has 0 spiro atoms. The molecule has 1 aliphatic heterocycles. The second-order valence-corrected chi connectivity index (χ2v) is 5.22. The molecule has 1 fully saturated rings. The van der Waals surface area contributed by atoms with Crippen molar-refractivity contribution < 1.29 is 13.5 Å². The van der Waals surface area contributed by atoms with Gasteiger partial charge >= 0.3 is 0 Å². The first kappa shape index (κ1) is 13.2. The Morgan fingerprint density at radius 1 is 1.35 bits per heavy atom. The predicted octanol–water partition coefficient (Wildman–Crippen LogP) is 2.51. The molecule has 3 rings (SSSR count). The van der Waals surface area contributed by atoms with Gasteiger partial charge in [-0.25, -0.2) is 18.4 Å². The minimum Gasteiger partial charge on any atom is -0.364 e. The van der Waals surface area contributed by atoms with Gasteiger partial charge in [0, 0.05) is 17.5 Å². The first-order valence-electron chi connectivity index (χ1n) is 6.49. The van der Waals surface area contributed by atoms with E-state index < -0.39 is 17.2 Å². The highest BCUT2D eigenvalue weighted by Gasteiger charge is 2.53. The molecule has 0 bridgehead atoms. The first-order valence-corrected chi connectivity index (χ1v) is 6.49. The summed E-state index contributed by atoms with van der Waals surface area (Å²) in [6.07, 6.45) is 2.99. The molecule has 20 heavy (non-hydrogen) atoms. The van der Waals surface area contributed by atoms with Crippen LogP contribution in [0.2, 0.25) is 0 Å². The van der Waals surface area contributed by atoms with Crippen LogP contribution in [0.15, 0.2) is 30.9 Å². The van der Waals surface area contributed by atoms with E-state index in [1.165, 1.54) is 18.5 Å². The second-order valence-electron chi connectivity index (χ2n) is 5.22. The third kappa shape index (κ3) is 1.91. The number of rotatable bonds is 3. The van der Waals surface area contributed by atoms with Crippen molar-refractivity contribution in [1.29, 1.82) is 0 Å². The topological polar surface area (TPSA) is 39.9 Å². The number of hydrogen-bond acceptors (Lipinski definition) is 3. The molecule has 6 heteroatoms. The van der Waals surface area contributed by atoms with E-state index in [0.717, 1.165) is 6.07 Å². The highest BCUT2D eigenvalue weighted by atomic mass is 19.1. The van der Waals surface area contributed by atoms with Crippen molar-refractivity contribution in [2.45, 2.75) is 32.1 Å². The van der Waals surface area contributed by atoms with Crippen molar-refractivity contribution in [2.75, 3.05) is 0 Å². The Morgan fingerprint density at radius 2 is 2.15 bits per heavy atom. The maximum Gasteiger partial charge on any atom is 0.137 e. The van der Waals surface area contributed by atoms with Crippen LogP contribution in [0, 0.1) is 17.6 Å². The van der Waals surface area contributed by atoms with E-state index in [0.29, 0.717) is 12.1 Å². The number of aromatic nitrogens is 3. The molecule has 2 aromatic rings. The molecule has 106 valence electrons. The Bertz CT molecular complexity index is 617. The zero-order valence-corrected chi connectivity index (χ0v) is 11.3. The van der Waals surface area contributed by atoms with Crippen LogP contribution in [-0.4, -0.2) is 20.9 Å². The van der Waals surface area contributed by atoms with E-state index in [9.17, 15) is 8.78 Å². The number of hydrogen-bond donors (Lipinski definition) is 0. The molecule has 1 aliphatic rings. The van der Waals surface area contributed by atoms with Gasteiger partial charge in [-0.3, -0.25) is 0 Å². The van der Waals surface area contributed by atoms with Gasteiger partial charge in [0.15, 0.2) is 0 Å². The average molecular weight is 279 g/mol. The number of halogens is 2. The lowest BCUT2D eigenvalue weighted by Crippen LogP contribution is -2.57. The quantitative estimate of drug-likeness (QED) is 0.866. The Kier molecular flexibility index (Phi) is 3.05. The predicted molar refractivity (Wildman–Crippen MR) is 67.8 cm³/mol. The lowest BCUT2D eigenvalue weighted by Gasteiger charge is -2.52. The third-order valence-corrected chi connectivity index (χ3v) is 4.09. The van der Waals surface area contributed by atoms with E-state index in [1.54, 1.807) is 11.0 Å². The molecule has 1 saturated heterocycles. The van der Waals surface area contributed by atoms with E-state index in [4.69, 9.17) is 4.74 Å². The van der Waals surface area contributed by atoms with Gasteiger partial charge in [0.1, 0.15) is 29.9 Å². The van der Waals surface area contributed by atoms with Crippen LogP contribution in [0.3, 0.4) is 0 Å². The summed E-state index contributed by atoms with van der Waals surface area (Å²) in [6.45, 7) is 4.28. The molecule has 3 atom stereocenters. The number of ether oxygens (including phenoxy) is 1. The Labute approximate surface area is 115 Å². The first-order chi connectivity index (χ1) is 9.53. The second kappa shape index (κ2) is 4.63. The standard InChI is InChI=1S/C14H15F2N3O/c1-9-10(2)20-14(9,6-19-8-17-7-18-19)12-4-3-11(15)5-13(12)16/h3-5,7-10H,6H2,1-2H3/t9-,10?,14-/m1/s1. The van der Waals surface area contributed by atoms with Crippen molar-refractivity contribution in [3.63, 3.8) is 0 Å². The third-order valence-electron chi connectivity index (χ3n) is 4.09. The summed E-state index contributed by atoms with van der Waals surface area (Å²) in [5.41, 5.74) is -0.467. The average Bonchev–Trinajstić information content (AvgIpc) is 2.90. The summed E-state index contributed by atoms with van der Waals surface area (Å²) in [5, 5.41) is 4.04. The van der Waals surface area contributed by atoms with E-state index in [2.05, 4.69) is 10.1 Å². The molecule has 1 aromatic carbocycles. The minimum absolute atomic E-state index is 0.0166. The summed E-state index contributed by atoms with van der Waals surface area (Å²) < 4.78 is 34.7. The van der Waals surface area contributed by atoms with Crippen LogP contribution in [-0.2, 0) is 16.9 Å². The van der Waals surface area contributed by atoms with E-state index in [-0.39, 0.29) is 12.0 Å². The zero-order valence-electron chi connectivity index (χ0n) is 11.3. The molecule has 2 heterocycles. The number of nitrogens with zero attached hydrogens (tertiary/aromatic N) is 3. The van der Waals surface area contributed by atoms with Gasteiger partial charge in [0.25, 0.3) is 0 Å². The maximum absolute atomic E-state index is 14.1. The minimum atomic E-state index is -0.828. The Morgan fingerprint density at radius 3 is 2.70 bits per heavy atom. The van der Waals surface area contributed by atoms with Gasteiger partial charge in [-0.2, -0.15) is 5.10 Å². The summed E-state index contributed by atoms with van der Waals surface area (Å²) >= 11 is 0. The van der Waals surface area contributed by atoms with Gasteiger partial charge in [0.2, 0.25) is 0 Å². The molecule has 1 aromatic heterocycles. The van der Waals surface area contributed by atoms with Gasteiger partial charge in [0.05, 0.1) is 12.6 Å². The molecular weight excluding hydrogens is 264 g/mol. The highest BCUT2D eigenvalue weighted by molar-refractivity contribution is 5.29. The zero-order chi connectivity index (χ0) is 14.3. The fourth-order valence-corrected chi connectivity index (χ4v) is 2.81. The lowest BCUT2D eigenvalue weighted by molar-refractivity contribution is -0.265. The van der Waals surface area contributed by atoms with Crippen LogP contribution >= 0.6 is 0 Å². The normalized spacial score (nSPS) is 29.2. The van der Waals surface area contributed by atoms with Crippen molar-refractivity contribution in [3.05, 3.63) is 48.1 Å². The van der Waals surface area contributed by atoms with Crippen LogP contribution in [0.25, 0.3) is 0 Å². The fraction of sp³-hybridized carbons (Fsp3) is 0.429. The summed E-state index contributed by atoms with van der Waals surface area (Å²) in [4.78, 5) is 3.88. The molecule has 4 nitrogen and oxygen atoms in total. The molecule has 0 radical (unpaired) electrons. The fourth-order valence-electron chi connectivity index (χ4n) is 2.81. The van der Waals surface area contributed by atoms with Crippen LogP contribution in [0.4, 0.5) is 8.78 Å². The molecular formula is C14H15F2N3O. The molecule has 0 aliphatic carbocycles. The monoisotopic (exact) mass is 279 g/mol. The molecule has 0 amide bonds. The van der Waals surface area contributed by atoms with Crippen LogP contribution in [0.5, 0.6) is 0 Å². The van der Waals surface area contributed by atoms with Crippen LogP contribution in [0.1, 0.15) is 19.4 Å².